The molecule has 0 saturated heterocycles. The highest BCUT2D eigenvalue weighted by atomic mass is 79.9. The summed E-state index contributed by atoms with van der Waals surface area (Å²) in [7, 11) is 2.19. The second kappa shape index (κ2) is 3.95. The zero-order valence-electron chi connectivity index (χ0n) is 9.45. The lowest BCUT2D eigenvalue weighted by Crippen LogP contribution is -2.47. The highest BCUT2D eigenvalue weighted by molar-refractivity contribution is 9.10. The van der Waals surface area contributed by atoms with E-state index in [4.69, 9.17) is 4.74 Å². The minimum absolute atomic E-state index is 0.572. The Labute approximate surface area is 105 Å². The molecule has 2 aliphatic rings. The summed E-state index contributed by atoms with van der Waals surface area (Å²) in [5.74, 6) is 1.84. The number of nitrogens with zero attached hydrogens (tertiary/aromatic N) is 1. The Morgan fingerprint density at radius 1 is 1.38 bits per heavy atom. The Hall–Kier alpha value is -0.700. The molecule has 1 aromatic rings. The Morgan fingerprint density at radius 2 is 2.19 bits per heavy atom. The molecule has 0 amide bonds. The van der Waals surface area contributed by atoms with Crippen molar-refractivity contribution in [1.29, 1.82) is 0 Å². The summed E-state index contributed by atoms with van der Waals surface area (Å²) in [6.07, 6.45) is 4.12. The minimum atomic E-state index is 0.572. The summed E-state index contributed by atoms with van der Waals surface area (Å²) >= 11 is 3.48. The first-order chi connectivity index (χ1) is 7.75. The standard InChI is InChI=1S/C13H16BrNO/c1-15-11-6-5-10(14)7-13(11)16-8-12(15)9-3-2-4-9/h5-7,9,12H,2-4,8H2,1H3. The number of hydrogen-bond donors (Lipinski definition) is 0. The molecular weight excluding hydrogens is 266 g/mol. The lowest BCUT2D eigenvalue weighted by Gasteiger charge is -2.43. The van der Waals surface area contributed by atoms with Gasteiger partial charge in [-0.15, -0.1) is 0 Å². The minimum Gasteiger partial charge on any atom is -0.489 e. The quantitative estimate of drug-likeness (QED) is 0.782. The van der Waals surface area contributed by atoms with Gasteiger partial charge in [0.05, 0.1) is 11.7 Å². The lowest BCUT2D eigenvalue weighted by molar-refractivity contribution is 0.172. The van der Waals surface area contributed by atoms with E-state index in [1.54, 1.807) is 0 Å². The van der Waals surface area contributed by atoms with E-state index >= 15 is 0 Å². The molecule has 0 aromatic heterocycles. The highest BCUT2D eigenvalue weighted by Crippen LogP contribution is 2.40. The van der Waals surface area contributed by atoms with Gasteiger partial charge in [0.25, 0.3) is 0 Å². The van der Waals surface area contributed by atoms with Gasteiger partial charge in [0.1, 0.15) is 12.4 Å². The van der Waals surface area contributed by atoms with Gasteiger partial charge in [-0.25, -0.2) is 0 Å². The molecule has 0 N–H and O–H groups in total. The van der Waals surface area contributed by atoms with Crippen LogP contribution in [-0.4, -0.2) is 19.7 Å². The Kier molecular flexibility index (Phi) is 2.58. The molecule has 3 heteroatoms. The number of fused-ring (bicyclic) bond motifs is 1. The number of likely N-dealkylation sites (N-methyl/N-ethyl adjacent to an activating group) is 1. The number of halogens is 1. The molecule has 16 heavy (non-hydrogen) atoms. The maximum absolute atomic E-state index is 5.87. The van der Waals surface area contributed by atoms with Crippen molar-refractivity contribution in [1.82, 2.24) is 0 Å². The first-order valence-corrected chi connectivity index (χ1v) is 6.70. The van der Waals surface area contributed by atoms with Crippen molar-refractivity contribution < 1.29 is 4.74 Å². The molecule has 0 spiro atoms. The smallest absolute Gasteiger partial charge is 0.143 e. The average Bonchev–Trinajstić information content (AvgIpc) is 2.19. The van der Waals surface area contributed by atoms with Crippen LogP contribution in [0.5, 0.6) is 5.75 Å². The third-order valence-corrected chi connectivity index (χ3v) is 4.40. The van der Waals surface area contributed by atoms with E-state index in [0.29, 0.717) is 6.04 Å². The van der Waals surface area contributed by atoms with Gasteiger partial charge in [0.15, 0.2) is 0 Å². The monoisotopic (exact) mass is 281 g/mol. The first kappa shape index (κ1) is 10.5. The van der Waals surface area contributed by atoms with Crippen molar-refractivity contribution in [2.24, 2.45) is 5.92 Å². The summed E-state index contributed by atoms with van der Waals surface area (Å²) in [6, 6.07) is 6.86. The summed E-state index contributed by atoms with van der Waals surface area (Å²) in [5, 5.41) is 0. The van der Waals surface area contributed by atoms with Gasteiger partial charge in [-0.3, -0.25) is 0 Å². The van der Waals surface area contributed by atoms with Gasteiger partial charge < -0.3 is 9.64 Å². The van der Waals surface area contributed by atoms with Crippen LogP contribution in [-0.2, 0) is 0 Å². The molecule has 1 fully saturated rings. The molecule has 1 aromatic carbocycles. The van der Waals surface area contributed by atoms with Gasteiger partial charge in [-0.05, 0) is 37.0 Å². The maximum Gasteiger partial charge on any atom is 0.143 e. The number of rotatable bonds is 1. The first-order valence-electron chi connectivity index (χ1n) is 5.91. The molecule has 86 valence electrons. The molecule has 1 aliphatic carbocycles. The van der Waals surface area contributed by atoms with E-state index in [2.05, 4.69) is 46.1 Å². The molecule has 3 rings (SSSR count). The Bertz CT molecular complexity index is 403. The average molecular weight is 282 g/mol. The highest BCUT2D eigenvalue weighted by Gasteiger charge is 2.34. The van der Waals surface area contributed by atoms with E-state index < -0.39 is 0 Å². The molecule has 1 heterocycles. The van der Waals surface area contributed by atoms with Gasteiger partial charge in [-0.1, -0.05) is 22.4 Å². The largest absolute Gasteiger partial charge is 0.489 e. The predicted molar refractivity (Wildman–Crippen MR) is 69.2 cm³/mol. The van der Waals surface area contributed by atoms with Crippen LogP contribution in [0.3, 0.4) is 0 Å². The van der Waals surface area contributed by atoms with Gasteiger partial charge in [0, 0.05) is 11.5 Å². The van der Waals surface area contributed by atoms with Crippen LogP contribution in [0.15, 0.2) is 22.7 Å². The number of hydrogen-bond acceptors (Lipinski definition) is 2. The van der Waals surface area contributed by atoms with Crippen LogP contribution in [0, 0.1) is 5.92 Å². The van der Waals surface area contributed by atoms with Crippen molar-refractivity contribution in [2.45, 2.75) is 25.3 Å². The third-order valence-electron chi connectivity index (χ3n) is 3.90. The van der Waals surface area contributed by atoms with Crippen molar-refractivity contribution in [2.75, 3.05) is 18.6 Å². The zero-order chi connectivity index (χ0) is 11.1. The maximum atomic E-state index is 5.87. The van der Waals surface area contributed by atoms with Crippen molar-refractivity contribution in [3.63, 3.8) is 0 Å². The van der Waals surface area contributed by atoms with Crippen LogP contribution >= 0.6 is 15.9 Å². The van der Waals surface area contributed by atoms with Crippen LogP contribution in [0.1, 0.15) is 19.3 Å². The lowest BCUT2D eigenvalue weighted by atomic mass is 9.79. The summed E-state index contributed by atoms with van der Waals surface area (Å²) < 4.78 is 6.96. The van der Waals surface area contributed by atoms with Crippen LogP contribution in [0.2, 0.25) is 0 Å². The van der Waals surface area contributed by atoms with E-state index in [-0.39, 0.29) is 0 Å². The fourth-order valence-corrected chi connectivity index (χ4v) is 2.98. The van der Waals surface area contributed by atoms with Gasteiger partial charge >= 0.3 is 0 Å². The second-order valence-electron chi connectivity index (χ2n) is 4.79. The SMILES string of the molecule is CN1c2ccc(Br)cc2OCC1C1CCC1. The summed E-state index contributed by atoms with van der Waals surface area (Å²) in [6.45, 7) is 0.838. The molecule has 1 atom stereocenters. The molecular formula is C13H16BrNO. The number of ether oxygens (including phenoxy) is 1. The van der Waals surface area contributed by atoms with Gasteiger partial charge in [0.2, 0.25) is 0 Å². The Morgan fingerprint density at radius 3 is 2.88 bits per heavy atom. The van der Waals surface area contributed by atoms with E-state index in [9.17, 15) is 0 Å². The van der Waals surface area contributed by atoms with Crippen LogP contribution in [0.25, 0.3) is 0 Å². The van der Waals surface area contributed by atoms with Crippen molar-refractivity contribution >= 4 is 21.6 Å². The van der Waals surface area contributed by atoms with Gasteiger partial charge in [-0.2, -0.15) is 0 Å². The van der Waals surface area contributed by atoms with Crippen LogP contribution in [0.4, 0.5) is 5.69 Å². The van der Waals surface area contributed by atoms with E-state index in [0.717, 1.165) is 22.7 Å². The van der Waals surface area contributed by atoms with E-state index in [1.165, 1.54) is 24.9 Å². The molecule has 0 radical (unpaired) electrons. The van der Waals surface area contributed by atoms with Crippen LogP contribution < -0.4 is 9.64 Å². The second-order valence-corrected chi connectivity index (χ2v) is 5.71. The molecule has 1 saturated carbocycles. The molecule has 1 unspecified atom stereocenters. The molecule has 1 aliphatic heterocycles. The number of benzene rings is 1. The topological polar surface area (TPSA) is 12.5 Å². The fourth-order valence-electron chi connectivity index (χ4n) is 2.64. The Balaban J connectivity index is 1.89. The van der Waals surface area contributed by atoms with Crippen molar-refractivity contribution in [3.8, 4) is 5.75 Å². The normalized spacial score (nSPS) is 24.6. The zero-order valence-corrected chi connectivity index (χ0v) is 11.0. The third kappa shape index (κ3) is 1.61. The van der Waals surface area contributed by atoms with E-state index in [1.807, 2.05) is 0 Å². The summed E-state index contributed by atoms with van der Waals surface area (Å²) in [4.78, 5) is 2.40. The fraction of sp³-hybridized carbons (Fsp3) is 0.538. The molecule has 2 nitrogen and oxygen atoms in total. The number of anilines is 1. The molecule has 0 bridgehead atoms. The predicted octanol–water partition coefficient (Wildman–Crippen LogP) is 3.45. The summed E-state index contributed by atoms with van der Waals surface area (Å²) in [5.41, 5.74) is 1.23. The van der Waals surface area contributed by atoms with Crippen molar-refractivity contribution in [3.05, 3.63) is 22.7 Å².